The van der Waals surface area contributed by atoms with Crippen LogP contribution in [0.4, 0.5) is 0 Å². The Kier molecular flexibility index (Phi) is 4.20. The molecule has 0 saturated heterocycles. The largest absolute Gasteiger partial charge is 0.293 e. The molecular formula is C17H17BrO. The summed E-state index contributed by atoms with van der Waals surface area (Å²) in [6.45, 7) is 5.96. The Hall–Kier alpha value is -1.41. The van der Waals surface area contributed by atoms with E-state index in [1.165, 1.54) is 0 Å². The van der Waals surface area contributed by atoms with E-state index in [-0.39, 0.29) is 11.7 Å². The first-order chi connectivity index (χ1) is 9.00. The second-order valence-electron chi connectivity index (χ2n) is 4.91. The minimum absolute atomic E-state index is 0.111. The lowest BCUT2D eigenvalue weighted by Gasteiger charge is -2.14. The van der Waals surface area contributed by atoms with E-state index in [1.807, 2.05) is 63.2 Å². The predicted octanol–water partition coefficient (Wildman–Crippen LogP) is 5.05. The summed E-state index contributed by atoms with van der Waals surface area (Å²) in [6, 6.07) is 13.9. The molecule has 0 aliphatic heterocycles. The van der Waals surface area contributed by atoms with Gasteiger partial charge >= 0.3 is 0 Å². The summed E-state index contributed by atoms with van der Waals surface area (Å²) in [5.74, 6) is 0.0692. The van der Waals surface area contributed by atoms with E-state index in [2.05, 4.69) is 15.9 Å². The predicted molar refractivity (Wildman–Crippen MR) is 82.8 cm³/mol. The zero-order chi connectivity index (χ0) is 14.0. The van der Waals surface area contributed by atoms with Crippen molar-refractivity contribution in [1.82, 2.24) is 0 Å². The molecule has 2 rings (SSSR count). The van der Waals surface area contributed by atoms with Gasteiger partial charge in [0.1, 0.15) is 0 Å². The molecule has 0 spiro atoms. The third-order valence-corrected chi connectivity index (χ3v) is 4.32. The standard InChI is InChI=1S/C17H17BrO/c1-11-10-16(18)12(2)9-15(11)17(19)13(3)14-7-5-4-6-8-14/h4-10,13H,1-3H3. The second-order valence-corrected chi connectivity index (χ2v) is 5.77. The summed E-state index contributed by atoms with van der Waals surface area (Å²) in [6.07, 6.45) is 0. The maximum absolute atomic E-state index is 12.6. The molecule has 0 bridgehead atoms. The monoisotopic (exact) mass is 316 g/mol. The minimum Gasteiger partial charge on any atom is -0.293 e. The Bertz CT molecular complexity index is 602. The van der Waals surface area contributed by atoms with Crippen LogP contribution < -0.4 is 0 Å². The maximum atomic E-state index is 12.6. The summed E-state index contributed by atoms with van der Waals surface area (Å²) in [7, 11) is 0. The van der Waals surface area contributed by atoms with Gasteiger partial charge in [0.05, 0.1) is 0 Å². The van der Waals surface area contributed by atoms with E-state index >= 15 is 0 Å². The van der Waals surface area contributed by atoms with Crippen LogP contribution in [0.1, 0.15) is 39.9 Å². The summed E-state index contributed by atoms with van der Waals surface area (Å²) >= 11 is 3.50. The molecule has 0 aromatic heterocycles. The molecule has 19 heavy (non-hydrogen) atoms. The highest BCUT2D eigenvalue weighted by Crippen LogP contribution is 2.26. The number of hydrogen-bond donors (Lipinski definition) is 0. The van der Waals surface area contributed by atoms with Gasteiger partial charge in [-0.2, -0.15) is 0 Å². The summed E-state index contributed by atoms with van der Waals surface area (Å²) in [4.78, 5) is 12.6. The van der Waals surface area contributed by atoms with Crippen molar-refractivity contribution in [3.05, 3.63) is 69.2 Å². The molecule has 1 atom stereocenters. The Labute approximate surface area is 122 Å². The first-order valence-electron chi connectivity index (χ1n) is 6.36. The lowest BCUT2D eigenvalue weighted by Crippen LogP contribution is -2.11. The van der Waals surface area contributed by atoms with E-state index in [4.69, 9.17) is 0 Å². The van der Waals surface area contributed by atoms with Crippen molar-refractivity contribution >= 4 is 21.7 Å². The SMILES string of the molecule is Cc1cc(C(=O)C(C)c2ccccc2)c(C)cc1Br. The van der Waals surface area contributed by atoms with Crippen molar-refractivity contribution in [1.29, 1.82) is 0 Å². The Morgan fingerprint density at radius 2 is 1.68 bits per heavy atom. The van der Waals surface area contributed by atoms with Crippen molar-refractivity contribution in [3.8, 4) is 0 Å². The smallest absolute Gasteiger partial charge is 0.170 e. The van der Waals surface area contributed by atoms with Crippen LogP contribution in [-0.2, 0) is 0 Å². The number of carbonyl (C=O) groups excluding carboxylic acids is 1. The highest BCUT2D eigenvalue weighted by molar-refractivity contribution is 9.10. The van der Waals surface area contributed by atoms with Crippen molar-refractivity contribution in [2.75, 3.05) is 0 Å². The van der Waals surface area contributed by atoms with Gasteiger partial charge in [-0.25, -0.2) is 0 Å². The highest BCUT2D eigenvalue weighted by atomic mass is 79.9. The topological polar surface area (TPSA) is 17.1 Å². The molecule has 2 heteroatoms. The molecule has 0 radical (unpaired) electrons. The molecule has 0 heterocycles. The maximum Gasteiger partial charge on any atom is 0.170 e. The molecule has 2 aromatic rings. The molecule has 0 N–H and O–H groups in total. The van der Waals surface area contributed by atoms with Gasteiger partial charge in [0.25, 0.3) is 0 Å². The molecule has 0 saturated carbocycles. The Morgan fingerprint density at radius 1 is 1.05 bits per heavy atom. The van der Waals surface area contributed by atoms with Gasteiger partial charge in [-0.05, 0) is 42.7 Å². The molecule has 2 aromatic carbocycles. The average Bonchev–Trinajstić information content (AvgIpc) is 2.42. The zero-order valence-electron chi connectivity index (χ0n) is 11.4. The van der Waals surface area contributed by atoms with E-state index in [0.29, 0.717) is 0 Å². The van der Waals surface area contributed by atoms with E-state index < -0.39 is 0 Å². The van der Waals surface area contributed by atoms with Crippen molar-refractivity contribution in [3.63, 3.8) is 0 Å². The van der Waals surface area contributed by atoms with Gasteiger partial charge in [-0.15, -0.1) is 0 Å². The Morgan fingerprint density at radius 3 is 2.32 bits per heavy atom. The van der Waals surface area contributed by atoms with E-state index in [1.54, 1.807) is 0 Å². The molecule has 1 unspecified atom stereocenters. The normalized spacial score (nSPS) is 12.2. The van der Waals surface area contributed by atoms with Gasteiger partial charge in [0.15, 0.2) is 5.78 Å². The van der Waals surface area contributed by atoms with Crippen molar-refractivity contribution in [2.24, 2.45) is 0 Å². The first kappa shape index (κ1) is 14.0. The molecule has 0 aliphatic carbocycles. The van der Waals surface area contributed by atoms with Crippen molar-refractivity contribution in [2.45, 2.75) is 26.7 Å². The lowest BCUT2D eigenvalue weighted by molar-refractivity contribution is 0.0965. The summed E-state index contributed by atoms with van der Waals surface area (Å²) in [5, 5.41) is 0. The molecule has 98 valence electrons. The number of hydrogen-bond acceptors (Lipinski definition) is 1. The van der Waals surface area contributed by atoms with Gasteiger partial charge in [0.2, 0.25) is 0 Å². The fraction of sp³-hybridized carbons (Fsp3) is 0.235. The van der Waals surface area contributed by atoms with Crippen LogP contribution >= 0.6 is 15.9 Å². The number of benzene rings is 2. The quantitative estimate of drug-likeness (QED) is 0.724. The van der Waals surface area contributed by atoms with Crippen molar-refractivity contribution < 1.29 is 4.79 Å². The zero-order valence-corrected chi connectivity index (χ0v) is 13.0. The number of ketones is 1. The van der Waals surface area contributed by atoms with Crippen LogP contribution in [0.15, 0.2) is 46.9 Å². The number of Topliss-reactive ketones (excluding diaryl/α,β-unsaturated/α-hetero) is 1. The van der Waals surface area contributed by atoms with Crippen LogP contribution in [0.2, 0.25) is 0 Å². The van der Waals surface area contributed by atoms with Crippen LogP contribution in [-0.4, -0.2) is 5.78 Å². The molecular weight excluding hydrogens is 300 g/mol. The lowest BCUT2D eigenvalue weighted by atomic mass is 9.90. The summed E-state index contributed by atoms with van der Waals surface area (Å²) < 4.78 is 1.05. The molecule has 0 fully saturated rings. The van der Waals surface area contributed by atoms with Gasteiger partial charge in [0, 0.05) is 16.0 Å². The second kappa shape index (κ2) is 5.70. The highest BCUT2D eigenvalue weighted by Gasteiger charge is 2.19. The third kappa shape index (κ3) is 2.95. The first-order valence-corrected chi connectivity index (χ1v) is 7.16. The fourth-order valence-corrected chi connectivity index (χ4v) is 2.63. The minimum atomic E-state index is -0.111. The van der Waals surface area contributed by atoms with E-state index in [0.717, 1.165) is 26.7 Å². The van der Waals surface area contributed by atoms with Gasteiger partial charge < -0.3 is 0 Å². The summed E-state index contributed by atoms with van der Waals surface area (Å²) in [5.41, 5.74) is 3.99. The fourth-order valence-electron chi connectivity index (χ4n) is 2.17. The van der Waals surface area contributed by atoms with Crippen LogP contribution in [0, 0.1) is 13.8 Å². The van der Waals surface area contributed by atoms with E-state index in [9.17, 15) is 4.79 Å². The Balaban J connectivity index is 2.37. The molecule has 0 aliphatic rings. The number of aryl methyl sites for hydroxylation is 2. The number of rotatable bonds is 3. The average molecular weight is 317 g/mol. The van der Waals surface area contributed by atoms with Gasteiger partial charge in [-0.3, -0.25) is 4.79 Å². The molecule has 0 amide bonds. The van der Waals surface area contributed by atoms with Crippen LogP contribution in [0.3, 0.4) is 0 Å². The van der Waals surface area contributed by atoms with Crippen LogP contribution in [0.25, 0.3) is 0 Å². The third-order valence-electron chi connectivity index (χ3n) is 3.46. The van der Waals surface area contributed by atoms with Gasteiger partial charge in [-0.1, -0.05) is 53.2 Å². The number of carbonyl (C=O) groups is 1. The van der Waals surface area contributed by atoms with Crippen LogP contribution in [0.5, 0.6) is 0 Å². The molecule has 1 nitrogen and oxygen atoms in total. The number of halogens is 1.